The number of aromatic nitrogens is 2. The quantitative estimate of drug-likeness (QED) is 0.785. The van der Waals surface area contributed by atoms with Gasteiger partial charge in [-0.1, -0.05) is 20.8 Å². The van der Waals surface area contributed by atoms with Crippen LogP contribution in [-0.2, 0) is 22.9 Å². The minimum atomic E-state index is -3.27. The first-order valence-corrected chi connectivity index (χ1v) is 10.6. The van der Waals surface area contributed by atoms with E-state index in [1.165, 1.54) is 12.3 Å². The smallest absolute Gasteiger partial charge is 0.253 e. The lowest BCUT2D eigenvalue weighted by Gasteiger charge is -2.15. The molecule has 7 nitrogen and oxygen atoms in total. The van der Waals surface area contributed by atoms with E-state index in [0.717, 1.165) is 11.3 Å². The molecule has 1 aliphatic rings. The summed E-state index contributed by atoms with van der Waals surface area (Å²) in [5.74, 6) is 0.233. The Morgan fingerprint density at radius 1 is 1.30 bits per heavy atom. The Morgan fingerprint density at radius 3 is 2.70 bits per heavy atom. The van der Waals surface area contributed by atoms with E-state index < -0.39 is 9.84 Å². The highest BCUT2D eigenvalue weighted by Gasteiger charge is 2.26. The lowest BCUT2D eigenvalue weighted by atomic mass is 10.0. The molecule has 0 radical (unpaired) electrons. The number of amides is 1. The Hall–Kier alpha value is -2.32. The van der Waals surface area contributed by atoms with Crippen LogP contribution in [-0.4, -0.2) is 30.0 Å². The average molecular weight is 388 g/mol. The molecule has 1 aliphatic heterocycles. The van der Waals surface area contributed by atoms with Crippen molar-refractivity contribution in [1.82, 2.24) is 20.6 Å². The Balaban J connectivity index is 1.65. The van der Waals surface area contributed by atoms with E-state index in [2.05, 4.69) is 34.4 Å². The third kappa shape index (κ3) is 4.17. The molecule has 144 valence electrons. The number of fused-ring (bicyclic) bond motifs is 1. The standard InChI is InChI=1S/C19H24N4O3S/c1-4-27(25,26)16-6-5-15(20-11-16)10-23-19(24)14-7-13-8-21-17(12(2)3)18(13)22-9-14/h5-7,9,11-12,17,21H,4,8,10H2,1-3H3,(H,23,24)/t17-/m0/s1. The molecule has 3 rings (SSSR count). The van der Waals surface area contributed by atoms with Crippen molar-refractivity contribution < 1.29 is 13.2 Å². The van der Waals surface area contributed by atoms with E-state index in [-0.39, 0.29) is 29.1 Å². The maximum Gasteiger partial charge on any atom is 0.253 e. The number of sulfone groups is 1. The molecular weight excluding hydrogens is 364 g/mol. The summed E-state index contributed by atoms with van der Waals surface area (Å²) in [7, 11) is -3.27. The SMILES string of the molecule is CCS(=O)(=O)c1ccc(CNC(=O)c2cnc3c(c2)CN[C@H]3C(C)C)nc1. The summed E-state index contributed by atoms with van der Waals surface area (Å²) in [6.45, 7) is 6.79. The fourth-order valence-electron chi connectivity index (χ4n) is 3.07. The molecule has 2 N–H and O–H groups in total. The first-order chi connectivity index (χ1) is 12.8. The van der Waals surface area contributed by atoms with Gasteiger partial charge < -0.3 is 10.6 Å². The fourth-order valence-corrected chi connectivity index (χ4v) is 3.90. The summed E-state index contributed by atoms with van der Waals surface area (Å²) in [5, 5.41) is 6.22. The van der Waals surface area contributed by atoms with Gasteiger partial charge in [0.15, 0.2) is 9.84 Å². The van der Waals surface area contributed by atoms with Crippen LogP contribution < -0.4 is 10.6 Å². The van der Waals surface area contributed by atoms with Gasteiger partial charge >= 0.3 is 0 Å². The molecule has 3 heterocycles. The molecule has 2 aromatic rings. The number of nitrogens with one attached hydrogen (secondary N) is 2. The van der Waals surface area contributed by atoms with E-state index in [0.29, 0.717) is 23.7 Å². The monoisotopic (exact) mass is 388 g/mol. The summed E-state index contributed by atoms with van der Waals surface area (Å²) in [4.78, 5) is 21.2. The predicted octanol–water partition coefficient (Wildman–Crippen LogP) is 2.00. The Labute approximate surface area is 159 Å². The average Bonchev–Trinajstić information content (AvgIpc) is 3.10. The molecule has 1 amide bonds. The van der Waals surface area contributed by atoms with E-state index >= 15 is 0 Å². The lowest BCUT2D eigenvalue weighted by molar-refractivity contribution is 0.0950. The van der Waals surface area contributed by atoms with Crippen LogP contribution >= 0.6 is 0 Å². The van der Waals surface area contributed by atoms with Gasteiger partial charge in [-0.15, -0.1) is 0 Å². The Kier molecular flexibility index (Phi) is 5.57. The molecule has 0 fully saturated rings. The van der Waals surface area contributed by atoms with Crippen molar-refractivity contribution in [2.45, 2.75) is 44.8 Å². The highest BCUT2D eigenvalue weighted by atomic mass is 32.2. The Bertz CT molecular complexity index is 940. The van der Waals surface area contributed by atoms with Crippen LogP contribution in [0.5, 0.6) is 0 Å². The van der Waals surface area contributed by atoms with Crippen molar-refractivity contribution in [2.75, 3.05) is 5.75 Å². The minimum absolute atomic E-state index is 0.0304. The normalized spacial score (nSPS) is 16.4. The maximum absolute atomic E-state index is 12.4. The van der Waals surface area contributed by atoms with Gasteiger partial charge in [0.25, 0.3) is 5.91 Å². The second-order valence-corrected chi connectivity index (χ2v) is 9.22. The second kappa shape index (κ2) is 7.74. The number of carbonyl (C=O) groups is 1. The summed E-state index contributed by atoms with van der Waals surface area (Å²) in [6.07, 6.45) is 2.93. The summed E-state index contributed by atoms with van der Waals surface area (Å²) in [6, 6.07) is 5.22. The number of carbonyl (C=O) groups excluding carboxylic acids is 1. The molecule has 2 aromatic heterocycles. The van der Waals surface area contributed by atoms with Crippen LogP contribution in [0.25, 0.3) is 0 Å². The predicted molar refractivity (Wildman–Crippen MR) is 102 cm³/mol. The topological polar surface area (TPSA) is 101 Å². The maximum atomic E-state index is 12.4. The molecule has 1 atom stereocenters. The molecule has 0 aromatic carbocycles. The molecule has 0 unspecified atom stereocenters. The fraction of sp³-hybridized carbons (Fsp3) is 0.421. The van der Waals surface area contributed by atoms with Crippen molar-refractivity contribution in [3.8, 4) is 0 Å². The molecule has 0 saturated carbocycles. The highest BCUT2D eigenvalue weighted by Crippen LogP contribution is 2.29. The largest absolute Gasteiger partial charge is 0.346 e. The minimum Gasteiger partial charge on any atom is -0.346 e. The molecule has 8 heteroatoms. The van der Waals surface area contributed by atoms with Gasteiger partial charge in [-0.2, -0.15) is 0 Å². The van der Waals surface area contributed by atoms with Crippen molar-refractivity contribution in [3.63, 3.8) is 0 Å². The van der Waals surface area contributed by atoms with E-state index in [4.69, 9.17) is 0 Å². The molecule has 0 spiro atoms. The second-order valence-electron chi connectivity index (χ2n) is 6.94. The third-order valence-corrected chi connectivity index (χ3v) is 6.42. The summed E-state index contributed by atoms with van der Waals surface area (Å²) in [5.41, 5.74) is 3.16. The van der Waals surface area contributed by atoms with Crippen molar-refractivity contribution in [3.05, 3.63) is 53.1 Å². The Morgan fingerprint density at radius 2 is 2.07 bits per heavy atom. The first kappa shape index (κ1) is 19.4. The van der Waals surface area contributed by atoms with Crippen LogP contribution in [0, 0.1) is 5.92 Å². The summed E-state index contributed by atoms with van der Waals surface area (Å²) >= 11 is 0. The first-order valence-electron chi connectivity index (χ1n) is 9.00. The molecule has 0 aliphatic carbocycles. The van der Waals surface area contributed by atoms with Gasteiger partial charge in [-0.05, 0) is 29.7 Å². The van der Waals surface area contributed by atoms with Gasteiger partial charge in [0.2, 0.25) is 0 Å². The number of nitrogens with zero attached hydrogens (tertiary/aromatic N) is 2. The van der Waals surface area contributed by atoms with E-state index in [9.17, 15) is 13.2 Å². The van der Waals surface area contributed by atoms with Crippen molar-refractivity contribution in [1.29, 1.82) is 0 Å². The number of hydrogen-bond donors (Lipinski definition) is 2. The van der Waals surface area contributed by atoms with Crippen LogP contribution in [0.4, 0.5) is 0 Å². The van der Waals surface area contributed by atoms with Crippen molar-refractivity contribution in [2.24, 2.45) is 5.92 Å². The zero-order chi connectivity index (χ0) is 19.6. The lowest BCUT2D eigenvalue weighted by Crippen LogP contribution is -2.24. The van der Waals surface area contributed by atoms with Gasteiger partial charge in [0, 0.05) is 18.9 Å². The van der Waals surface area contributed by atoms with Crippen LogP contribution in [0.3, 0.4) is 0 Å². The van der Waals surface area contributed by atoms with E-state index in [1.807, 2.05) is 6.07 Å². The highest BCUT2D eigenvalue weighted by molar-refractivity contribution is 7.91. The molecular formula is C19H24N4O3S. The van der Waals surface area contributed by atoms with Gasteiger partial charge in [-0.3, -0.25) is 14.8 Å². The zero-order valence-electron chi connectivity index (χ0n) is 15.7. The van der Waals surface area contributed by atoms with Crippen LogP contribution in [0.15, 0.2) is 35.5 Å². The van der Waals surface area contributed by atoms with Crippen molar-refractivity contribution >= 4 is 15.7 Å². The number of hydrogen-bond acceptors (Lipinski definition) is 6. The zero-order valence-corrected chi connectivity index (χ0v) is 16.5. The number of pyridine rings is 2. The van der Waals surface area contributed by atoms with Gasteiger partial charge in [0.1, 0.15) is 0 Å². The summed E-state index contributed by atoms with van der Waals surface area (Å²) < 4.78 is 23.6. The third-order valence-electron chi connectivity index (χ3n) is 4.70. The van der Waals surface area contributed by atoms with Gasteiger partial charge in [-0.25, -0.2) is 8.42 Å². The molecule has 0 saturated heterocycles. The van der Waals surface area contributed by atoms with Gasteiger partial charge in [0.05, 0.1) is 40.2 Å². The van der Waals surface area contributed by atoms with E-state index in [1.54, 1.807) is 19.2 Å². The van der Waals surface area contributed by atoms with Crippen LogP contribution in [0.2, 0.25) is 0 Å². The number of rotatable bonds is 6. The molecule has 0 bridgehead atoms. The molecule has 27 heavy (non-hydrogen) atoms. The van der Waals surface area contributed by atoms with Crippen LogP contribution in [0.1, 0.15) is 54.1 Å².